The van der Waals surface area contributed by atoms with Crippen LogP contribution in [-0.2, 0) is 12.8 Å². The molecule has 0 aliphatic rings. The third-order valence-electron chi connectivity index (χ3n) is 8.26. The van der Waals surface area contributed by atoms with E-state index in [4.69, 9.17) is 0 Å². The molecule has 0 aliphatic heterocycles. The molecule has 0 aromatic heterocycles. The zero-order valence-electron chi connectivity index (χ0n) is 25.3. The smallest absolute Gasteiger partial charge is 0.166 e. The third-order valence-corrected chi connectivity index (χ3v) is 8.26. The molecule has 3 aromatic rings. The van der Waals surface area contributed by atoms with Crippen LogP contribution in [0.25, 0.3) is 22.3 Å². The highest BCUT2D eigenvalue weighted by Crippen LogP contribution is 2.30. The second-order valence-electron chi connectivity index (χ2n) is 11.6. The van der Waals surface area contributed by atoms with Gasteiger partial charge in [0.15, 0.2) is 11.6 Å². The lowest BCUT2D eigenvalue weighted by molar-refractivity contribution is 0.496. The van der Waals surface area contributed by atoms with Crippen LogP contribution < -0.4 is 0 Å². The number of benzene rings is 3. The van der Waals surface area contributed by atoms with Crippen molar-refractivity contribution in [1.29, 1.82) is 0 Å². The number of unbranched alkanes of at least 4 members (excludes halogenated alkanes) is 14. The maximum absolute atomic E-state index is 15.0. The van der Waals surface area contributed by atoms with Crippen LogP contribution in [0, 0.1) is 11.6 Å². The molecule has 40 heavy (non-hydrogen) atoms. The topological polar surface area (TPSA) is 0 Å². The molecule has 3 aromatic carbocycles. The van der Waals surface area contributed by atoms with E-state index in [-0.39, 0.29) is 0 Å². The van der Waals surface area contributed by atoms with Crippen molar-refractivity contribution in [2.24, 2.45) is 0 Å². The SMILES string of the molecule is CCCCCCCCCCCCc1ccc(-c2ccc(-c3ccc(CCCCCCCC)cc3)cc2)c(F)c1F. The first-order chi connectivity index (χ1) is 19.6. The van der Waals surface area contributed by atoms with E-state index in [1.165, 1.54) is 95.5 Å². The maximum Gasteiger partial charge on any atom is 0.166 e. The summed E-state index contributed by atoms with van der Waals surface area (Å²) >= 11 is 0. The standard InChI is InChI=1S/C38H52F2/c1-3-5-7-9-11-12-13-14-16-18-20-35-29-30-36(38(40)37(35)39)34-27-25-33(26-28-34)32-23-21-31(22-24-32)19-17-15-10-8-6-4-2/h21-30H,3-20H2,1-2H3. The van der Waals surface area contributed by atoms with Gasteiger partial charge in [0.1, 0.15) is 0 Å². The molecular weight excluding hydrogens is 494 g/mol. The van der Waals surface area contributed by atoms with E-state index < -0.39 is 11.6 Å². The molecule has 0 fully saturated rings. The number of halogens is 2. The van der Waals surface area contributed by atoms with Crippen molar-refractivity contribution in [1.82, 2.24) is 0 Å². The molecule has 0 amide bonds. The van der Waals surface area contributed by atoms with Gasteiger partial charge in [-0.25, -0.2) is 8.78 Å². The average Bonchev–Trinajstić information content (AvgIpc) is 2.98. The number of hydrogen-bond acceptors (Lipinski definition) is 0. The van der Waals surface area contributed by atoms with E-state index in [2.05, 4.69) is 38.1 Å². The van der Waals surface area contributed by atoms with Crippen molar-refractivity contribution in [3.63, 3.8) is 0 Å². The van der Waals surface area contributed by atoms with E-state index in [0.29, 0.717) is 23.1 Å². The highest BCUT2D eigenvalue weighted by atomic mass is 19.2. The van der Waals surface area contributed by atoms with Gasteiger partial charge in [-0.15, -0.1) is 0 Å². The maximum atomic E-state index is 15.0. The Morgan fingerprint density at radius 1 is 0.400 bits per heavy atom. The Bertz CT molecular complexity index is 1080. The Morgan fingerprint density at radius 2 is 0.825 bits per heavy atom. The summed E-state index contributed by atoms with van der Waals surface area (Å²) in [6.45, 7) is 4.50. The van der Waals surface area contributed by atoms with E-state index in [9.17, 15) is 4.39 Å². The quantitative estimate of drug-likeness (QED) is 0.124. The van der Waals surface area contributed by atoms with Gasteiger partial charge < -0.3 is 0 Å². The predicted molar refractivity (Wildman–Crippen MR) is 170 cm³/mol. The summed E-state index contributed by atoms with van der Waals surface area (Å²) in [5, 5.41) is 0. The molecule has 0 spiro atoms. The highest BCUT2D eigenvalue weighted by molar-refractivity contribution is 5.71. The molecule has 0 saturated carbocycles. The van der Waals surface area contributed by atoms with Crippen LogP contribution in [-0.4, -0.2) is 0 Å². The molecule has 2 heteroatoms. The van der Waals surface area contributed by atoms with Crippen molar-refractivity contribution in [2.75, 3.05) is 0 Å². The van der Waals surface area contributed by atoms with Crippen LogP contribution in [0.2, 0.25) is 0 Å². The van der Waals surface area contributed by atoms with Gasteiger partial charge in [0, 0.05) is 5.56 Å². The minimum absolute atomic E-state index is 0.338. The normalized spacial score (nSPS) is 11.3. The molecule has 0 radical (unpaired) electrons. The summed E-state index contributed by atoms with van der Waals surface area (Å²) in [7, 11) is 0. The van der Waals surface area contributed by atoms with Crippen LogP contribution in [0.4, 0.5) is 8.78 Å². The van der Waals surface area contributed by atoms with Gasteiger partial charge in [0.05, 0.1) is 0 Å². The van der Waals surface area contributed by atoms with Crippen LogP contribution in [0.15, 0.2) is 60.7 Å². The van der Waals surface area contributed by atoms with Crippen molar-refractivity contribution < 1.29 is 8.78 Å². The molecule has 3 rings (SSSR count). The highest BCUT2D eigenvalue weighted by Gasteiger charge is 2.15. The summed E-state index contributed by atoms with van der Waals surface area (Å²) < 4.78 is 29.9. The zero-order valence-corrected chi connectivity index (χ0v) is 25.3. The molecule has 0 bridgehead atoms. The van der Waals surface area contributed by atoms with Gasteiger partial charge in [-0.05, 0) is 53.5 Å². The average molecular weight is 547 g/mol. The second-order valence-corrected chi connectivity index (χ2v) is 11.6. The molecule has 0 N–H and O–H groups in total. The number of aryl methyl sites for hydroxylation is 2. The Hall–Kier alpha value is -2.48. The Morgan fingerprint density at radius 3 is 1.35 bits per heavy atom. The van der Waals surface area contributed by atoms with E-state index in [1.54, 1.807) is 12.1 Å². The second kappa shape index (κ2) is 18.8. The van der Waals surface area contributed by atoms with E-state index in [1.807, 2.05) is 24.3 Å². The molecule has 0 nitrogen and oxygen atoms in total. The summed E-state index contributed by atoms with van der Waals surface area (Å²) in [4.78, 5) is 0. The van der Waals surface area contributed by atoms with Crippen molar-refractivity contribution >= 4 is 0 Å². The predicted octanol–water partition coefficient (Wildman–Crippen LogP) is 12.7. The molecule has 0 unspecified atom stereocenters. The summed E-state index contributed by atoms with van der Waals surface area (Å²) in [5.41, 5.74) is 5.17. The largest absolute Gasteiger partial charge is 0.203 e. The van der Waals surface area contributed by atoms with Crippen molar-refractivity contribution in [2.45, 2.75) is 129 Å². The lowest BCUT2D eigenvalue weighted by Gasteiger charge is -2.10. The van der Waals surface area contributed by atoms with Crippen LogP contribution in [0.3, 0.4) is 0 Å². The fourth-order valence-electron chi connectivity index (χ4n) is 5.62. The summed E-state index contributed by atoms with van der Waals surface area (Å²) in [6, 6.07) is 20.1. The van der Waals surface area contributed by atoms with Gasteiger partial charge in [0.2, 0.25) is 0 Å². The van der Waals surface area contributed by atoms with E-state index in [0.717, 1.165) is 30.4 Å². The number of hydrogen-bond donors (Lipinski definition) is 0. The summed E-state index contributed by atoms with van der Waals surface area (Å²) in [6.07, 6.45) is 22.0. The van der Waals surface area contributed by atoms with E-state index >= 15 is 4.39 Å². The van der Waals surface area contributed by atoms with Crippen LogP contribution in [0.5, 0.6) is 0 Å². The molecule has 0 atom stereocenters. The Kier molecular flexibility index (Phi) is 15.1. The Labute approximate surface area is 243 Å². The minimum atomic E-state index is -0.726. The lowest BCUT2D eigenvalue weighted by atomic mass is 9.96. The molecule has 0 heterocycles. The molecule has 0 aliphatic carbocycles. The van der Waals surface area contributed by atoms with Crippen LogP contribution in [0.1, 0.15) is 128 Å². The molecule has 218 valence electrons. The summed E-state index contributed by atoms with van der Waals surface area (Å²) in [5.74, 6) is -1.41. The lowest BCUT2D eigenvalue weighted by Crippen LogP contribution is -1.98. The fraction of sp³-hybridized carbons (Fsp3) is 0.526. The fourth-order valence-corrected chi connectivity index (χ4v) is 5.62. The van der Waals surface area contributed by atoms with Gasteiger partial charge in [-0.2, -0.15) is 0 Å². The number of rotatable bonds is 20. The zero-order chi connectivity index (χ0) is 28.4. The van der Waals surface area contributed by atoms with Gasteiger partial charge >= 0.3 is 0 Å². The Balaban J connectivity index is 1.46. The first kappa shape index (κ1) is 32.0. The monoisotopic (exact) mass is 546 g/mol. The first-order valence-corrected chi connectivity index (χ1v) is 16.3. The van der Waals surface area contributed by atoms with Gasteiger partial charge in [0.25, 0.3) is 0 Å². The third kappa shape index (κ3) is 10.8. The first-order valence-electron chi connectivity index (χ1n) is 16.3. The van der Waals surface area contributed by atoms with Crippen LogP contribution >= 0.6 is 0 Å². The molecule has 0 saturated heterocycles. The van der Waals surface area contributed by atoms with Crippen molar-refractivity contribution in [3.05, 3.63) is 83.4 Å². The van der Waals surface area contributed by atoms with Gasteiger partial charge in [-0.1, -0.05) is 164 Å². The van der Waals surface area contributed by atoms with Crippen molar-refractivity contribution in [3.8, 4) is 22.3 Å². The minimum Gasteiger partial charge on any atom is -0.203 e. The van der Waals surface area contributed by atoms with Gasteiger partial charge in [-0.3, -0.25) is 0 Å². The molecular formula is C38H52F2.